The van der Waals surface area contributed by atoms with Gasteiger partial charge in [0.05, 0.1) is 12.0 Å². The number of nitrogens with two attached hydrogens (primary N) is 1. The van der Waals surface area contributed by atoms with Crippen molar-refractivity contribution >= 4 is 29.4 Å². The number of Topliss-reactive ketones (excluding diaryl/α,β-unsaturated/α-hetero) is 1. The Kier molecular flexibility index (Phi) is 6.48. The lowest BCUT2D eigenvalue weighted by atomic mass is 10.1. The lowest BCUT2D eigenvalue weighted by Gasteiger charge is -2.16. The van der Waals surface area contributed by atoms with E-state index < -0.39 is 29.3 Å². The number of alkyl halides is 1. The lowest BCUT2D eigenvalue weighted by molar-refractivity contribution is -0.153. The van der Waals surface area contributed by atoms with E-state index in [2.05, 4.69) is 4.74 Å². The zero-order chi connectivity index (χ0) is 12.7. The zero-order valence-corrected chi connectivity index (χ0v) is 9.82. The summed E-state index contributed by atoms with van der Waals surface area (Å²) in [5.74, 6) is -1.04. The van der Waals surface area contributed by atoms with Crippen LogP contribution in [0.1, 0.15) is 20.3 Å². The average molecular weight is 252 g/mol. The van der Waals surface area contributed by atoms with Crippen LogP contribution in [0.2, 0.25) is 0 Å². The van der Waals surface area contributed by atoms with Crippen LogP contribution in [0, 0.1) is 0 Å². The van der Waals surface area contributed by atoms with Crippen LogP contribution in [0.3, 0.4) is 0 Å². The molecular formula is C9H14ClNO5. The van der Waals surface area contributed by atoms with Crippen molar-refractivity contribution in [1.29, 1.82) is 0 Å². The number of amides is 1. The maximum atomic E-state index is 11.5. The van der Waals surface area contributed by atoms with Gasteiger partial charge >= 0.3 is 12.1 Å². The number of rotatable bonds is 6. The second-order valence-electron chi connectivity index (χ2n) is 3.07. The second-order valence-corrected chi connectivity index (χ2v) is 3.73. The van der Waals surface area contributed by atoms with Gasteiger partial charge in [-0.1, -0.05) is 0 Å². The first-order valence-electron chi connectivity index (χ1n) is 4.61. The number of primary amides is 1. The molecule has 0 aromatic heterocycles. The number of hydrogen-bond donors (Lipinski definition) is 1. The van der Waals surface area contributed by atoms with Gasteiger partial charge in [0.2, 0.25) is 0 Å². The van der Waals surface area contributed by atoms with E-state index in [1.807, 2.05) is 0 Å². The van der Waals surface area contributed by atoms with Crippen molar-refractivity contribution in [3.05, 3.63) is 0 Å². The van der Waals surface area contributed by atoms with Crippen LogP contribution in [-0.4, -0.2) is 35.9 Å². The highest BCUT2D eigenvalue weighted by atomic mass is 35.5. The summed E-state index contributed by atoms with van der Waals surface area (Å²) in [5.41, 5.74) is 4.74. The Labute approximate surface area is 98.0 Å². The molecule has 0 aliphatic rings. The zero-order valence-electron chi connectivity index (χ0n) is 9.07. The number of esters is 1. The van der Waals surface area contributed by atoms with E-state index in [4.69, 9.17) is 22.1 Å². The molecule has 0 radical (unpaired) electrons. The smallest absolute Gasteiger partial charge is 0.404 e. The highest BCUT2D eigenvalue weighted by Crippen LogP contribution is 2.08. The quantitative estimate of drug-likeness (QED) is 0.551. The van der Waals surface area contributed by atoms with Crippen LogP contribution in [0.5, 0.6) is 0 Å². The summed E-state index contributed by atoms with van der Waals surface area (Å²) in [6.07, 6.45) is -1.92. The molecule has 0 saturated heterocycles. The van der Waals surface area contributed by atoms with Gasteiger partial charge in [0.15, 0.2) is 11.9 Å². The third kappa shape index (κ3) is 6.23. The number of hydrogen-bond acceptors (Lipinski definition) is 5. The predicted octanol–water partition coefficient (Wildman–Crippen LogP) is 0.600. The topological polar surface area (TPSA) is 95.7 Å². The van der Waals surface area contributed by atoms with E-state index in [1.165, 1.54) is 13.8 Å². The van der Waals surface area contributed by atoms with Crippen LogP contribution in [0.25, 0.3) is 0 Å². The van der Waals surface area contributed by atoms with Crippen molar-refractivity contribution in [3.8, 4) is 0 Å². The first-order chi connectivity index (χ1) is 7.34. The molecule has 2 N–H and O–H groups in total. The fourth-order valence-corrected chi connectivity index (χ4v) is 1.12. The number of carbonyl (C=O) groups excluding carboxylic acids is 3. The molecule has 2 atom stereocenters. The fourth-order valence-electron chi connectivity index (χ4n) is 0.982. The Morgan fingerprint density at radius 3 is 2.31 bits per heavy atom. The van der Waals surface area contributed by atoms with Gasteiger partial charge in [-0.3, -0.25) is 9.59 Å². The van der Waals surface area contributed by atoms with Gasteiger partial charge in [-0.25, -0.2) is 4.79 Å². The second kappa shape index (κ2) is 7.05. The number of carbonyl (C=O) groups is 3. The van der Waals surface area contributed by atoms with Crippen LogP contribution >= 0.6 is 11.6 Å². The molecule has 6 nitrogen and oxygen atoms in total. The molecule has 0 spiro atoms. The highest BCUT2D eigenvalue weighted by molar-refractivity contribution is 6.31. The average Bonchev–Trinajstić information content (AvgIpc) is 2.13. The molecule has 0 aliphatic carbocycles. The van der Waals surface area contributed by atoms with Crippen LogP contribution in [-0.2, 0) is 19.1 Å². The third-order valence-corrected chi connectivity index (χ3v) is 1.86. The van der Waals surface area contributed by atoms with Gasteiger partial charge in [0.25, 0.3) is 0 Å². The standard InChI is InChI=1S/C9H14ClNO5/c1-5(10)8(13)7(16-6(2)12)3-4-15-9(11)14/h5,7H,3-4H2,1-2H3,(H2,11,14)/t5-,7+/m0/s1. The number of halogens is 1. The lowest BCUT2D eigenvalue weighted by Crippen LogP contribution is -2.33. The molecule has 0 aromatic rings. The molecule has 0 aromatic carbocycles. The van der Waals surface area contributed by atoms with Gasteiger partial charge in [0.1, 0.15) is 0 Å². The van der Waals surface area contributed by atoms with E-state index >= 15 is 0 Å². The summed E-state index contributed by atoms with van der Waals surface area (Å²) in [7, 11) is 0. The monoisotopic (exact) mass is 251 g/mol. The predicted molar refractivity (Wildman–Crippen MR) is 56.0 cm³/mol. The number of ketones is 1. The Morgan fingerprint density at radius 1 is 1.38 bits per heavy atom. The molecule has 7 heteroatoms. The highest BCUT2D eigenvalue weighted by Gasteiger charge is 2.25. The molecule has 0 heterocycles. The van der Waals surface area contributed by atoms with E-state index in [0.717, 1.165) is 0 Å². The Morgan fingerprint density at radius 2 is 1.94 bits per heavy atom. The van der Waals surface area contributed by atoms with Crippen molar-refractivity contribution in [1.82, 2.24) is 0 Å². The van der Waals surface area contributed by atoms with Crippen molar-refractivity contribution in [3.63, 3.8) is 0 Å². The molecule has 16 heavy (non-hydrogen) atoms. The van der Waals surface area contributed by atoms with Crippen molar-refractivity contribution < 1.29 is 23.9 Å². The number of ether oxygens (including phenoxy) is 2. The van der Waals surface area contributed by atoms with Crippen molar-refractivity contribution in [2.45, 2.75) is 31.7 Å². The van der Waals surface area contributed by atoms with E-state index in [0.29, 0.717) is 0 Å². The minimum atomic E-state index is -1.01. The maximum Gasteiger partial charge on any atom is 0.404 e. The molecule has 0 fully saturated rings. The molecule has 92 valence electrons. The Bertz CT molecular complexity index is 279. The summed E-state index contributed by atoms with van der Waals surface area (Å²) in [4.78, 5) is 32.5. The summed E-state index contributed by atoms with van der Waals surface area (Å²) in [5, 5.41) is -0.780. The fraction of sp³-hybridized carbons (Fsp3) is 0.667. The van der Waals surface area contributed by atoms with Gasteiger partial charge in [0, 0.05) is 13.3 Å². The largest absolute Gasteiger partial charge is 0.454 e. The minimum Gasteiger partial charge on any atom is -0.454 e. The van der Waals surface area contributed by atoms with Gasteiger partial charge < -0.3 is 15.2 Å². The molecule has 0 aliphatic heterocycles. The first kappa shape index (κ1) is 14.7. The Balaban J connectivity index is 4.26. The van der Waals surface area contributed by atoms with Crippen molar-refractivity contribution in [2.24, 2.45) is 5.73 Å². The third-order valence-electron chi connectivity index (χ3n) is 1.64. The van der Waals surface area contributed by atoms with Gasteiger partial charge in [-0.15, -0.1) is 11.6 Å². The SMILES string of the molecule is CC(=O)O[C@H](CCOC(N)=O)C(=O)[C@H](C)Cl. The van der Waals surface area contributed by atoms with Gasteiger partial charge in [-0.05, 0) is 6.92 Å². The summed E-state index contributed by atoms with van der Waals surface area (Å²) in [6.45, 7) is 2.53. The summed E-state index contributed by atoms with van der Waals surface area (Å²) >= 11 is 5.57. The Hall–Kier alpha value is -1.30. The molecule has 0 unspecified atom stereocenters. The van der Waals surface area contributed by atoms with Crippen LogP contribution in [0.15, 0.2) is 0 Å². The first-order valence-corrected chi connectivity index (χ1v) is 5.05. The minimum absolute atomic E-state index is 0.0401. The molecule has 0 saturated carbocycles. The molecule has 1 amide bonds. The van der Waals surface area contributed by atoms with Crippen molar-refractivity contribution in [2.75, 3.05) is 6.61 Å². The summed E-state index contributed by atoms with van der Waals surface area (Å²) < 4.78 is 9.19. The molecular weight excluding hydrogens is 238 g/mol. The summed E-state index contributed by atoms with van der Waals surface area (Å²) in [6, 6.07) is 0. The molecule has 0 rings (SSSR count). The maximum absolute atomic E-state index is 11.5. The van der Waals surface area contributed by atoms with E-state index in [1.54, 1.807) is 0 Å². The van der Waals surface area contributed by atoms with E-state index in [9.17, 15) is 14.4 Å². The van der Waals surface area contributed by atoms with Crippen LogP contribution < -0.4 is 5.73 Å². The normalized spacial score (nSPS) is 13.7. The van der Waals surface area contributed by atoms with E-state index in [-0.39, 0.29) is 13.0 Å². The van der Waals surface area contributed by atoms with Gasteiger partial charge in [-0.2, -0.15) is 0 Å². The molecule has 0 bridgehead atoms. The van der Waals surface area contributed by atoms with Crippen LogP contribution in [0.4, 0.5) is 4.79 Å².